The fourth-order valence-corrected chi connectivity index (χ4v) is 3.16. The van der Waals surface area contributed by atoms with Gasteiger partial charge in [0.15, 0.2) is 0 Å². The van der Waals surface area contributed by atoms with E-state index in [1.54, 1.807) is 31.2 Å². The summed E-state index contributed by atoms with van der Waals surface area (Å²) < 4.78 is 5.66. The monoisotopic (exact) mass is 381 g/mol. The van der Waals surface area contributed by atoms with Gasteiger partial charge in [-0.25, -0.2) is 4.79 Å². The van der Waals surface area contributed by atoms with Crippen LogP contribution in [0.1, 0.15) is 30.0 Å². The molecule has 1 fully saturated rings. The molecule has 0 spiro atoms. The lowest BCUT2D eigenvalue weighted by Crippen LogP contribution is -2.40. The van der Waals surface area contributed by atoms with Gasteiger partial charge in [0.05, 0.1) is 13.0 Å². The molecule has 1 unspecified atom stereocenters. The van der Waals surface area contributed by atoms with Crippen LogP contribution < -0.4 is 20.7 Å². The zero-order valence-electron chi connectivity index (χ0n) is 16.1. The Balaban J connectivity index is 1.59. The minimum absolute atomic E-state index is 0.186. The third-order valence-electron chi connectivity index (χ3n) is 4.56. The van der Waals surface area contributed by atoms with E-state index in [4.69, 9.17) is 4.74 Å². The predicted molar refractivity (Wildman–Crippen MR) is 105 cm³/mol. The molecule has 0 aliphatic carbocycles. The quantitative estimate of drug-likeness (QED) is 0.671. The number of amides is 4. The molecule has 3 N–H and O–H groups in total. The van der Waals surface area contributed by atoms with E-state index in [9.17, 15) is 14.4 Å². The second kappa shape index (κ2) is 7.72. The van der Waals surface area contributed by atoms with Crippen LogP contribution >= 0.6 is 0 Å². The first-order valence-electron chi connectivity index (χ1n) is 9.01. The number of urea groups is 1. The maximum Gasteiger partial charge on any atom is 0.322 e. The lowest BCUT2D eigenvalue weighted by molar-refractivity contribution is -0.123. The molecule has 1 aliphatic heterocycles. The van der Waals surface area contributed by atoms with Crippen LogP contribution in [0, 0.1) is 13.8 Å². The van der Waals surface area contributed by atoms with Crippen molar-refractivity contribution in [3.63, 3.8) is 0 Å². The lowest BCUT2D eigenvalue weighted by Gasteiger charge is -2.21. The zero-order chi connectivity index (χ0) is 20.3. The van der Waals surface area contributed by atoms with Gasteiger partial charge in [-0.2, -0.15) is 0 Å². The summed E-state index contributed by atoms with van der Waals surface area (Å²) in [6, 6.07) is 12.2. The number of anilines is 1. The van der Waals surface area contributed by atoms with Crippen LogP contribution in [-0.2, 0) is 15.1 Å². The number of imide groups is 1. The second-order valence-electron chi connectivity index (χ2n) is 7.08. The van der Waals surface area contributed by atoms with Gasteiger partial charge in [-0.1, -0.05) is 18.2 Å². The van der Waals surface area contributed by atoms with Gasteiger partial charge < -0.3 is 15.4 Å². The Bertz CT molecular complexity index is 921. The van der Waals surface area contributed by atoms with E-state index in [-0.39, 0.29) is 18.9 Å². The average molecular weight is 381 g/mol. The van der Waals surface area contributed by atoms with Crippen LogP contribution in [0.4, 0.5) is 10.5 Å². The van der Waals surface area contributed by atoms with Gasteiger partial charge in [0.2, 0.25) is 5.91 Å². The van der Waals surface area contributed by atoms with Crippen molar-refractivity contribution in [3.8, 4) is 5.75 Å². The number of carbonyl (C=O) groups is 3. The van der Waals surface area contributed by atoms with Gasteiger partial charge in [0, 0.05) is 5.69 Å². The molecule has 0 saturated carbocycles. The maximum absolute atomic E-state index is 12.2. The van der Waals surface area contributed by atoms with E-state index in [0.717, 1.165) is 16.9 Å². The molecule has 1 saturated heterocycles. The number of aryl methyl sites for hydroxylation is 2. The number of carbonyl (C=O) groups excluding carboxylic acids is 3. The molecule has 1 aliphatic rings. The van der Waals surface area contributed by atoms with Gasteiger partial charge in [-0.05, 0) is 61.7 Å². The van der Waals surface area contributed by atoms with Crippen molar-refractivity contribution in [1.29, 1.82) is 0 Å². The zero-order valence-corrected chi connectivity index (χ0v) is 16.1. The summed E-state index contributed by atoms with van der Waals surface area (Å²) in [6.07, 6.45) is 0.186. The van der Waals surface area contributed by atoms with Gasteiger partial charge in [0.25, 0.3) is 5.91 Å². The van der Waals surface area contributed by atoms with E-state index in [1.807, 2.05) is 26.0 Å². The molecular weight excluding hydrogens is 358 g/mol. The van der Waals surface area contributed by atoms with Crippen LogP contribution in [0.25, 0.3) is 0 Å². The Morgan fingerprint density at radius 1 is 1.11 bits per heavy atom. The van der Waals surface area contributed by atoms with E-state index in [1.165, 1.54) is 0 Å². The van der Waals surface area contributed by atoms with E-state index in [2.05, 4.69) is 22.0 Å². The first-order valence-corrected chi connectivity index (χ1v) is 9.01. The topological polar surface area (TPSA) is 96.5 Å². The third-order valence-corrected chi connectivity index (χ3v) is 4.56. The highest BCUT2D eigenvalue weighted by Crippen LogP contribution is 2.26. The van der Waals surface area contributed by atoms with Crippen molar-refractivity contribution in [3.05, 3.63) is 59.2 Å². The highest BCUT2D eigenvalue weighted by molar-refractivity contribution is 6.07. The third kappa shape index (κ3) is 4.31. The van der Waals surface area contributed by atoms with Crippen LogP contribution in [0.5, 0.6) is 5.75 Å². The summed E-state index contributed by atoms with van der Waals surface area (Å²) in [5.74, 6) is 0.109. The highest BCUT2D eigenvalue weighted by Gasteiger charge is 2.43. The molecule has 2 aromatic carbocycles. The van der Waals surface area contributed by atoms with E-state index in [0.29, 0.717) is 11.3 Å². The molecule has 0 radical (unpaired) electrons. The molecule has 7 heteroatoms. The van der Waals surface area contributed by atoms with Crippen molar-refractivity contribution in [1.82, 2.24) is 10.6 Å². The largest absolute Gasteiger partial charge is 0.493 e. The fraction of sp³-hybridized carbons (Fsp3) is 0.286. The number of rotatable bonds is 6. The Kier molecular flexibility index (Phi) is 5.35. The van der Waals surface area contributed by atoms with Crippen LogP contribution in [0.15, 0.2) is 42.5 Å². The number of hydrogen-bond donors (Lipinski definition) is 3. The van der Waals surface area contributed by atoms with Crippen molar-refractivity contribution in [2.24, 2.45) is 0 Å². The van der Waals surface area contributed by atoms with Crippen molar-refractivity contribution >= 4 is 23.5 Å². The summed E-state index contributed by atoms with van der Waals surface area (Å²) in [6.45, 7) is 5.86. The minimum Gasteiger partial charge on any atom is -0.493 e. The fourth-order valence-electron chi connectivity index (χ4n) is 3.16. The standard InChI is InChI=1S/C21H23N3O4/c1-13-9-14(2)11-17(10-13)28-8-7-18(25)22-16-6-4-5-15(12-16)21(3)19(26)23-20(27)24-21/h4-6,9-12H,7-8H2,1-3H3,(H,22,25)(H2,23,24,26,27). The van der Waals surface area contributed by atoms with Crippen molar-refractivity contribution in [2.45, 2.75) is 32.7 Å². The summed E-state index contributed by atoms with van der Waals surface area (Å²) in [4.78, 5) is 35.7. The molecule has 0 aromatic heterocycles. The number of hydrogen-bond acceptors (Lipinski definition) is 4. The van der Waals surface area contributed by atoms with Gasteiger partial charge in [0.1, 0.15) is 11.3 Å². The molecule has 1 atom stereocenters. The molecule has 28 heavy (non-hydrogen) atoms. The Morgan fingerprint density at radius 2 is 1.82 bits per heavy atom. The predicted octanol–water partition coefficient (Wildman–Crippen LogP) is 2.77. The van der Waals surface area contributed by atoms with E-state index < -0.39 is 17.5 Å². The highest BCUT2D eigenvalue weighted by atomic mass is 16.5. The lowest BCUT2D eigenvalue weighted by atomic mass is 9.92. The summed E-state index contributed by atoms with van der Waals surface area (Å²) >= 11 is 0. The molecular formula is C21H23N3O4. The molecule has 0 bridgehead atoms. The number of ether oxygens (including phenoxy) is 1. The molecule has 7 nitrogen and oxygen atoms in total. The SMILES string of the molecule is Cc1cc(C)cc(OCCC(=O)Nc2cccc(C3(C)NC(=O)NC3=O)c2)c1. The summed E-state index contributed by atoms with van der Waals surface area (Å²) in [7, 11) is 0. The van der Waals surface area contributed by atoms with Gasteiger partial charge >= 0.3 is 6.03 Å². The second-order valence-corrected chi connectivity index (χ2v) is 7.08. The van der Waals surface area contributed by atoms with Crippen LogP contribution in [0.2, 0.25) is 0 Å². The first-order chi connectivity index (χ1) is 13.3. The minimum atomic E-state index is -1.16. The Morgan fingerprint density at radius 3 is 2.46 bits per heavy atom. The Hall–Kier alpha value is -3.35. The molecule has 146 valence electrons. The van der Waals surface area contributed by atoms with Crippen molar-refractivity contribution in [2.75, 3.05) is 11.9 Å². The van der Waals surface area contributed by atoms with Crippen molar-refractivity contribution < 1.29 is 19.1 Å². The van der Waals surface area contributed by atoms with Gasteiger partial charge in [-0.3, -0.25) is 14.9 Å². The first kappa shape index (κ1) is 19.4. The maximum atomic E-state index is 12.2. The summed E-state index contributed by atoms with van der Waals surface area (Å²) in [5, 5.41) is 7.63. The Labute approximate surface area is 163 Å². The average Bonchev–Trinajstić information content (AvgIpc) is 2.87. The number of benzene rings is 2. The van der Waals surface area contributed by atoms with Crippen LogP contribution in [-0.4, -0.2) is 24.5 Å². The van der Waals surface area contributed by atoms with E-state index >= 15 is 0 Å². The molecule has 4 amide bonds. The van der Waals surface area contributed by atoms with Crippen LogP contribution in [0.3, 0.4) is 0 Å². The normalized spacial score (nSPS) is 18.4. The smallest absolute Gasteiger partial charge is 0.322 e. The summed E-state index contributed by atoms with van der Waals surface area (Å²) in [5.41, 5.74) is 2.18. The molecule has 1 heterocycles. The molecule has 3 rings (SSSR count). The number of nitrogens with one attached hydrogen (secondary N) is 3. The molecule has 2 aromatic rings. The van der Waals surface area contributed by atoms with Gasteiger partial charge in [-0.15, -0.1) is 0 Å².